The average Bonchev–Trinajstić information content (AvgIpc) is 2.63. The minimum atomic E-state index is -0.152. The molecule has 1 heterocycles. The molecule has 0 spiro atoms. The summed E-state index contributed by atoms with van der Waals surface area (Å²) in [6.07, 6.45) is 0. The third-order valence-electron chi connectivity index (χ3n) is 3.80. The van der Waals surface area contributed by atoms with Crippen molar-refractivity contribution in [2.75, 3.05) is 29.6 Å². The fraction of sp³-hybridized carbons (Fsp3) is 0.150. The van der Waals surface area contributed by atoms with E-state index in [0.29, 0.717) is 17.2 Å². The second-order valence-electron chi connectivity index (χ2n) is 6.25. The van der Waals surface area contributed by atoms with Crippen LogP contribution in [0.15, 0.2) is 59.1 Å². The van der Waals surface area contributed by atoms with Gasteiger partial charge < -0.3 is 15.5 Å². The first kappa shape index (κ1) is 18.8. The third kappa shape index (κ3) is 5.04. The van der Waals surface area contributed by atoms with Gasteiger partial charge in [0.1, 0.15) is 5.82 Å². The Hall–Kier alpha value is -2.93. The molecule has 0 saturated carbocycles. The van der Waals surface area contributed by atoms with Crippen molar-refractivity contribution in [2.45, 2.75) is 6.92 Å². The zero-order valence-corrected chi connectivity index (χ0v) is 16.9. The second kappa shape index (κ2) is 8.18. The van der Waals surface area contributed by atoms with Gasteiger partial charge in [-0.25, -0.2) is 4.98 Å². The molecule has 0 radical (unpaired) electrons. The van der Waals surface area contributed by atoms with Gasteiger partial charge >= 0.3 is 0 Å². The van der Waals surface area contributed by atoms with Gasteiger partial charge in [0.2, 0.25) is 5.95 Å². The lowest BCUT2D eigenvalue weighted by Gasteiger charge is -2.14. The van der Waals surface area contributed by atoms with E-state index in [2.05, 4.69) is 36.5 Å². The van der Waals surface area contributed by atoms with Gasteiger partial charge in [0.05, 0.1) is 0 Å². The van der Waals surface area contributed by atoms with E-state index in [-0.39, 0.29) is 5.91 Å². The number of nitrogens with zero attached hydrogens (tertiary/aromatic N) is 3. The van der Waals surface area contributed by atoms with Crippen LogP contribution >= 0.6 is 15.9 Å². The maximum absolute atomic E-state index is 12.3. The zero-order chi connectivity index (χ0) is 19.4. The zero-order valence-electron chi connectivity index (χ0n) is 15.3. The molecule has 2 N–H and O–H groups in total. The van der Waals surface area contributed by atoms with Crippen LogP contribution < -0.4 is 15.5 Å². The molecule has 0 aliphatic heterocycles. The highest BCUT2D eigenvalue weighted by Crippen LogP contribution is 2.20. The Bertz CT molecular complexity index is 940. The molecule has 6 nitrogen and oxygen atoms in total. The maximum atomic E-state index is 12.3. The minimum absolute atomic E-state index is 0.152. The summed E-state index contributed by atoms with van der Waals surface area (Å²) in [5.74, 6) is 1.22. The van der Waals surface area contributed by atoms with Crippen molar-refractivity contribution in [1.29, 1.82) is 0 Å². The summed E-state index contributed by atoms with van der Waals surface area (Å²) in [5.41, 5.74) is 3.04. The van der Waals surface area contributed by atoms with E-state index in [1.54, 1.807) is 12.1 Å². The highest BCUT2D eigenvalue weighted by atomic mass is 79.9. The first-order valence-corrected chi connectivity index (χ1v) is 9.17. The fourth-order valence-corrected chi connectivity index (χ4v) is 2.67. The Morgan fingerprint density at radius 1 is 0.963 bits per heavy atom. The van der Waals surface area contributed by atoms with Crippen LogP contribution in [0.25, 0.3) is 0 Å². The highest BCUT2D eigenvalue weighted by Gasteiger charge is 2.07. The Kier molecular flexibility index (Phi) is 5.71. The molecule has 0 saturated heterocycles. The molecular formula is C20H20BrN5O. The molecule has 0 bridgehead atoms. The number of aryl methyl sites for hydroxylation is 1. The lowest BCUT2D eigenvalue weighted by molar-refractivity contribution is 0.102. The molecular weight excluding hydrogens is 406 g/mol. The lowest BCUT2D eigenvalue weighted by Crippen LogP contribution is -2.13. The summed E-state index contributed by atoms with van der Waals surface area (Å²) in [4.78, 5) is 23.1. The van der Waals surface area contributed by atoms with Crippen LogP contribution in [0, 0.1) is 6.92 Å². The summed E-state index contributed by atoms with van der Waals surface area (Å²) in [6.45, 7) is 1.93. The Morgan fingerprint density at radius 2 is 1.59 bits per heavy atom. The monoisotopic (exact) mass is 425 g/mol. The van der Waals surface area contributed by atoms with Crippen LogP contribution in [0.2, 0.25) is 0 Å². The van der Waals surface area contributed by atoms with Crippen molar-refractivity contribution in [3.8, 4) is 0 Å². The first-order chi connectivity index (χ1) is 12.9. The number of anilines is 4. The second-order valence-corrected chi connectivity index (χ2v) is 7.16. The summed E-state index contributed by atoms with van der Waals surface area (Å²) >= 11 is 3.36. The quantitative estimate of drug-likeness (QED) is 0.624. The smallest absolute Gasteiger partial charge is 0.255 e. The van der Waals surface area contributed by atoms with E-state index in [9.17, 15) is 4.79 Å². The van der Waals surface area contributed by atoms with Gasteiger partial charge in [0, 0.05) is 47.3 Å². The third-order valence-corrected chi connectivity index (χ3v) is 4.33. The summed E-state index contributed by atoms with van der Waals surface area (Å²) in [6, 6.07) is 16.6. The summed E-state index contributed by atoms with van der Waals surface area (Å²) in [7, 11) is 3.88. The van der Waals surface area contributed by atoms with Crippen LogP contribution in [0.4, 0.5) is 23.1 Å². The molecule has 1 aromatic heterocycles. The largest absolute Gasteiger partial charge is 0.363 e. The van der Waals surface area contributed by atoms with Crippen LogP contribution in [0.1, 0.15) is 16.1 Å². The Morgan fingerprint density at radius 3 is 2.22 bits per heavy atom. The molecule has 0 atom stereocenters. The highest BCUT2D eigenvalue weighted by molar-refractivity contribution is 9.10. The molecule has 3 aromatic rings. The standard InChI is InChI=1S/C20H20BrN5O/c1-13-12-18(26(2)3)25-20(22-13)24-17-10-8-16(9-11-17)23-19(27)14-4-6-15(21)7-5-14/h4-12H,1-3H3,(H,23,27)(H,22,24,25). The Balaban J connectivity index is 1.68. The number of aromatic nitrogens is 2. The summed E-state index contributed by atoms with van der Waals surface area (Å²) in [5, 5.41) is 6.07. The van der Waals surface area contributed by atoms with Crippen molar-refractivity contribution in [3.05, 3.63) is 70.3 Å². The van der Waals surface area contributed by atoms with Crippen LogP contribution in [0.5, 0.6) is 0 Å². The number of carbonyl (C=O) groups excluding carboxylic acids is 1. The van der Waals surface area contributed by atoms with Gasteiger partial charge in [-0.2, -0.15) is 4.98 Å². The van der Waals surface area contributed by atoms with E-state index in [0.717, 1.165) is 21.7 Å². The van der Waals surface area contributed by atoms with Gasteiger partial charge in [-0.3, -0.25) is 4.79 Å². The molecule has 3 rings (SSSR count). The van der Waals surface area contributed by atoms with Crippen LogP contribution in [0.3, 0.4) is 0 Å². The molecule has 0 aliphatic rings. The van der Waals surface area contributed by atoms with E-state index < -0.39 is 0 Å². The molecule has 138 valence electrons. The number of amides is 1. The normalized spacial score (nSPS) is 10.4. The van der Waals surface area contributed by atoms with E-state index in [1.807, 2.05) is 68.4 Å². The number of hydrogen-bond acceptors (Lipinski definition) is 5. The lowest BCUT2D eigenvalue weighted by atomic mass is 10.2. The van der Waals surface area contributed by atoms with E-state index >= 15 is 0 Å². The first-order valence-electron chi connectivity index (χ1n) is 8.38. The summed E-state index contributed by atoms with van der Waals surface area (Å²) < 4.78 is 0.935. The molecule has 27 heavy (non-hydrogen) atoms. The number of hydrogen-bond donors (Lipinski definition) is 2. The van der Waals surface area contributed by atoms with E-state index in [1.165, 1.54) is 0 Å². The van der Waals surface area contributed by atoms with Gasteiger partial charge in [0.25, 0.3) is 5.91 Å². The SMILES string of the molecule is Cc1cc(N(C)C)nc(Nc2ccc(NC(=O)c3ccc(Br)cc3)cc2)n1. The maximum Gasteiger partial charge on any atom is 0.255 e. The molecule has 0 fully saturated rings. The predicted molar refractivity (Wildman–Crippen MR) is 113 cm³/mol. The molecule has 0 aliphatic carbocycles. The molecule has 1 amide bonds. The fourth-order valence-electron chi connectivity index (χ4n) is 2.41. The topological polar surface area (TPSA) is 70.2 Å². The van der Waals surface area contributed by atoms with Crippen molar-refractivity contribution in [3.63, 3.8) is 0 Å². The van der Waals surface area contributed by atoms with Crippen molar-refractivity contribution < 1.29 is 4.79 Å². The minimum Gasteiger partial charge on any atom is -0.363 e. The number of rotatable bonds is 5. The van der Waals surface area contributed by atoms with Crippen molar-refractivity contribution in [2.24, 2.45) is 0 Å². The number of halogens is 1. The molecule has 7 heteroatoms. The van der Waals surface area contributed by atoms with Gasteiger partial charge in [0.15, 0.2) is 0 Å². The number of benzene rings is 2. The van der Waals surface area contributed by atoms with Crippen LogP contribution in [-0.4, -0.2) is 30.0 Å². The van der Waals surface area contributed by atoms with Crippen molar-refractivity contribution in [1.82, 2.24) is 9.97 Å². The number of carbonyl (C=O) groups is 1. The van der Waals surface area contributed by atoms with Gasteiger partial charge in [-0.05, 0) is 55.5 Å². The van der Waals surface area contributed by atoms with Gasteiger partial charge in [-0.15, -0.1) is 0 Å². The Labute approximate surface area is 166 Å². The van der Waals surface area contributed by atoms with Gasteiger partial charge in [-0.1, -0.05) is 15.9 Å². The van der Waals surface area contributed by atoms with Crippen molar-refractivity contribution >= 4 is 45.0 Å². The molecule has 0 unspecified atom stereocenters. The van der Waals surface area contributed by atoms with E-state index in [4.69, 9.17) is 0 Å². The predicted octanol–water partition coefficient (Wildman–Crippen LogP) is 4.61. The number of nitrogens with one attached hydrogen (secondary N) is 2. The van der Waals surface area contributed by atoms with Crippen LogP contribution in [-0.2, 0) is 0 Å². The average molecular weight is 426 g/mol. The molecule has 2 aromatic carbocycles.